The Hall–Kier alpha value is -1.62. The van der Waals surface area contributed by atoms with Crippen LogP contribution in [0.2, 0.25) is 0 Å². The van der Waals surface area contributed by atoms with E-state index in [4.69, 9.17) is 14.2 Å². The SMILES string of the molecule is C=C(OCC)c1cc(COC(C)(C)C)c(OC)nn1. The molecular weight excluding hydrogens is 244 g/mol. The second kappa shape index (κ2) is 6.52. The van der Waals surface area contributed by atoms with Gasteiger partial charge in [-0.05, 0) is 33.8 Å². The van der Waals surface area contributed by atoms with E-state index in [2.05, 4.69) is 16.8 Å². The second-order valence-electron chi connectivity index (χ2n) is 5.02. The molecule has 1 aromatic rings. The Morgan fingerprint density at radius 1 is 1.32 bits per heavy atom. The molecule has 0 amide bonds. The highest BCUT2D eigenvalue weighted by atomic mass is 16.5. The fourth-order valence-electron chi connectivity index (χ4n) is 1.37. The van der Waals surface area contributed by atoms with E-state index in [1.165, 1.54) is 0 Å². The quantitative estimate of drug-likeness (QED) is 0.741. The number of rotatable bonds is 6. The number of aromatic nitrogens is 2. The average Bonchev–Trinajstić information content (AvgIpc) is 2.35. The van der Waals surface area contributed by atoms with Gasteiger partial charge in [-0.15, -0.1) is 10.2 Å². The second-order valence-corrected chi connectivity index (χ2v) is 5.02. The normalized spacial score (nSPS) is 11.2. The van der Waals surface area contributed by atoms with Gasteiger partial charge in [-0.25, -0.2) is 0 Å². The zero-order valence-electron chi connectivity index (χ0n) is 12.3. The minimum atomic E-state index is -0.231. The fourth-order valence-corrected chi connectivity index (χ4v) is 1.37. The van der Waals surface area contributed by atoms with Crippen molar-refractivity contribution in [2.24, 2.45) is 0 Å². The third-order valence-electron chi connectivity index (χ3n) is 2.29. The van der Waals surface area contributed by atoms with Crippen LogP contribution in [0, 0.1) is 0 Å². The Morgan fingerprint density at radius 3 is 2.53 bits per heavy atom. The Morgan fingerprint density at radius 2 is 2.00 bits per heavy atom. The summed E-state index contributed by atoms with van der Waals surface area (Å²) < 4.78 is 16.2. The third-order valence-corrected chi connectivity index (χ3v) is 2.29. The lowest BCUT2D eigenvalue weighted by Crippen LogP contribution is -2.19. The molecule has 0 aliphatic carbocycles. The molecule has 0 bridgehead atoms. The molecule has 106 valence electrons. The molecule has 19 heavy (non-hydrogen) atoms. The Kier molecular flexibility index (Phi) is 5.30. The predicted molar refractivity (Wildman–Crippen MR) is 73.8 cm³/mol. The van der Waals surface area contributed by atoms with Crippen molar-refractivity contribution in [3.05, 3.63) is 23.9 Å². The van der Waals surface area contributed by atoms with Gasteiger partial charge in [0, 0.05) is 5.56 Å². The maximum Gasteiger partial charge on any atom is 0.238 e. The minimum Gasteiger partial charge on any atom is -0.492 e. The molecule has 0 spiro atoms. The molecule has 0 aliphatic heterocycles. The van der Waals surface area contributed by atoms with E-state index >= 15 is 0 Å². The van der Waals surface area contributed by atoms with Gasteiger partial charge in [0.05, 0.1) is 25.9 Å². The summed E-state index contributed by atoms with van der Waals surface area (Å²) >= 11 is 0. The van der Waals surface area contributed by atoms with Crippen molar-refractivity contribution in [1.29, 1.82) is 0 Å². The molecule has 0 saturated carbocycles. The maximum absolute atomic E-state index is 5.73. The van der Waals surface area contributed by atoms with E-state index in [0.717, 1.165) is 5.56 Å². The van der Waals surface area contributed by atoms with Crippen LogP contribution in [0.4, 0.5) is 0 Å². The van der Waals surface area contributed by atoms with Crippen LogP contribution in [0.5, 0.6) is 5.88 Å². The monoisotopic (exact) mass is 266 g/mol. The summed E-state index contributed by atoms with van der Waals surface area (Å²) in [7, 11) is 1.56. The van der Waals surface area contributed by atoms with E-state index in [1.807, 2.05) is 33.8 Å². The first kappa shape index (κ1) is 15.4. The van der Waals surface area contributed by atoms with Crippen LogP contribution in [-0.2, 0) is 16.1 Å². The highest BCUT2D eigenvalue weighted by Gasteiger charge is 2.15. The van der Waals surface area contributed by atoms with Crippen molar-refractivity contribution in [1.82, 2.24) is 10.2 Å². The van der Waals surface area contributed by atoms with Crippen molar-refractivity contribution in [2.75, 3.05) is 13.7 Å². The summed E-state index contributed by atoms with van der Waals surface area (Å²) in [6.07, 6.45) is 0. The first-order chi connectivity index (χ1) is 8.87. The average molecular weight is 266 g/mol. The summed E-state index contributed by atoms with van der Waals surface area (Å²) in [5, 5.41) is 8.03. The van der Waals surface area contributed by atoms with Gasteiger partial charge >= 0.3 is 0 Å². The summed E-state index contributed by atoms with van der Waals surface area (Å²) in [4.78, 5) is 0. The zero-order valence-corrected chi connectivity index (χ0v) is 12.3. The summed E-state index contributed by atoms with van der Waals surface area (Å²) in [6, 6.07) is 1.83. The molecule has 0 saturated heterocycles. The summed E-state index contributed by atoms with van der Waals surface area (Å²) in [6.45, 7) is 12.6. The number of methoxy groups -OCH3 is 1. The van der Waals surface area contributed by atoms with E-state index in [9.17, 15) is 0 Å². The summed E-state index contributed by atoms with van der Waals surface area (Å²) in [5.41, 5.74) is 1.18. The van der Waals surface area contributed by atoms with Crippen LogP contribution in [0.15, 0.2) is 12.6 Å². The Bertz CT molecular complexity index is 439. The molecule has 0 N–H and O–H groups in total. The lowest BCUT2D eigenvalue weighted by Gasteiger charge is -2.20. The highest BCUT2D eigenvalue weighted by Crippen LogP contribution is 2.21. The molecule has 0 aliphatic rings. The van der Waals surface area contributed by atoms with Crippen molar-refractivity contribution < 1.29 is 14.2 Å². The van der Waals surface area contributed by atoms with Gasteiger partial charge in [-0.1, -0.05) is 6.58 Å². The maximum atomic E-state index is 5.73. The lowest BCUT2D eigenvalue weighted by atomic mass is 10.2. The van der Waals surface area contributed by atoms with Gasteiger partial charge in [0.1, 0.15) is 11.5 Å². The third kappa shape index (κ3) is 4.87. The molecule has 5 heteroatoms. The lowest BCUT2D eigenvalue weighted by molar-refractivity contribution is -0.0159. The minimum absolute atomic E-state index is 0.231. The van der Waals surface area contributed by atoms with Gasteiger partial charge in [-0.3, -0.25) is 0 Å². The smallest absolute Gasteiger partial charge is 0.238 e. The largest absolute Gasteiger partial charge is 0.492 e. The van der Waals surface area contributed by atoms with Gasteiger partial charge < -0.3 is 14.2 Å². The molecule has 0 unspecified atom stereocenters. The Balaban J connectivity index is 2.93. The molecule has 0 atom stereocenters. The van der Waals surface area contributed by atoms with Crippen LogP contribution in [-0.4, -0.2) is 29.5 Å². The van der Waals surface area contributed by atoms with Crippen molar-refractivity contribution in [3.8, 4) is 5.88 Å². The van der Waals surface area contributed by atoms with Crippen LogP contribution in [0.3, 0.4) is 0 Å². The first-order valence-electron chi connectivity index (χ1n) is 6.24. The number of nitrogens with zero attached hydrogens (tertiary/aromatic N) is 2. The molecule has 0 aromatic carbocycles. The summed E-state index contributed by atoms with van der Waals surface area (Å²) in [5.74, 6) is 0.951. The van der Waals surface area contributed by atoms with Gasteiger partial charge in [-0.2, -0.15) is 0 Å². The highest BCUT2D eigenvalue weighted by molar-refractivity contribution is 5.54. The van der Waals surface area contributed by atoms with Crippen molar-refractivity contribution in [3.63, 3.8) is 0 Å². The number of hydrogen-bond acceptors (Lipinski definition) is 5. The van der Waals surface area contributed by atoms with E-state index in [1.54, 1.807) is 7.11 Å². The standard InChI is InChI=1S/C14H22N2O3/c1-7-18-10(2)12-8-11(9-19-14(3,4)5)13(17-6)16-15-12/h8H,2,7,9H2,1,3-6H3. The topological polar surface area (TPSA) is 53.5 Å². The number of hydrogen-bond donors (Lipinski definition) is 0. The predicted octanol–water partition coefficient (Wildman–Crippen LogP) is 2.81. The fraction of sp³-hybridized carbons (Fsp3) is 0.571. The van der Waals surface area contributed by atoms with E-state index in [0.29, 0.717) is 30.5 Å². The molecule has 0 fully saturated rings. The van der Waals surface area contributed by atoms with Crippen LogP contribution in [0.1, 0.15) is 39.0 Å². The van der Waals surface area contributed by atoms with Crippen molar-refractivity contribution in [2.45, 2.75) is 39.9 Å². The van der Waals surface area contributed by atoms with Gasteiger partial charge in [0.25, 0.3) is 0 Å². The van der Waals surface area contributed by atoms with Crippen LogP contribution < -0.4 is 4.74 Å². The molecule has 1 heterocycles. The van der Waals surface area contributed by atoms with E-state index in [-0.39, 0.29) is 5.60 Å². The molecule has 1 rings (SSSR count). The van der Waals surface area contributed by atoms with Crippen LogP contribution in [0.25, 0.3) is 5.76 Å². The Labute approximate surface area is 114 Å². The van der Waals surface area contributed by atoms with E-state index < -0.39 is 0 Å². The van der Waals surface area contributed by atoms with Crippen LogP contribution >= 0.6 is 0 Å². The van der Waals surface area contributed by atoms with Crippen molar-refractivity contribution >= 4 is 5.76 Å². The molecule has 0 radical (unpaired) electrons. The molecular formula is C14H22N2O3. The molecule has 5 nitrogen and oxygen atoms in total. The zero-order chi connectivity index (χ0) is 14.5. The first-order valence-corrected chi connectivity index (χ1v) is 6.24. The molecule has 1 aromatic heterocycles. The van der Waals surface area contributed by atoms with Gasteiger partial charge in [0.2, 0.25) is 5.88 Å². The van der Waals surface area contributed by atoms with Gasteiger partial charge in [0.15, 0.2) is 0 Å². The number of ether oxygens (including phenoxy) is 3.